The topological polar surface area (TPSA) is 112 Å². The molecule has 210 valence electrons. The lowest BCUT2D eigenvalue weighted by molar-refractivity contribution is -0.569. The molecular weight excluding hydrogens is 520 g/mol. The Bertz CT molecular complexity index is 1800. The van der Waals surface area contributed by atoms with Crippen molar-refractivity contribution in [3.05, 3.63) is 61.1 Å². The smallest absolute Gasteiger partial charge is 0.431 e. The molecule has 0 radical (unpaired) electrons. The average molecular weight is 554 g/mol. The number of carbonyl (C=O) groups excluding carboxylic acids is 2. The second-order valence-electron chi connectivity index (χ2n) is 11.5. The summed E-state index contributed by atoms with van der Waals surface area (Å²) in [5.41, 5.74) is 5.21. The molecule has 1 aliphatic heterocycles. The lowest BCUT2D eigenvalue weighted by Gasteiger charge is -2.33. The van der Waals surface area contributed by atoms with Gasteiger partial charge in [-0.15, -0.1) is 4.57 Å². The van der Waals surface area contributed by atoms with Gasteiger partial charge in [0.2, 0.25) is 12.2 Å². The van der Waals surface area contributed by atoms with E-state index in [4.69, 9.17) is 9.72 Å². The summed E-state index contributed by atoms with van der Waals surface area (Å²) in [6.07, 6.45) is 8.27. The molecular formula is C30H33N8O3+. The van der Waals surface area contributed by atoms with E-state index in [9.17, 15) is 9.59 Å². The molecule has 1 saturated heterocycles. The van der Waals surface area contributed by atoms with Crippen molar-refractivity contribution in [2.75, 3.05) is 13.1 Å². The normalized spacial score (nSPS) is 15.9. The van der Waals surface area contributed by atoms with Crippen LogP contribution in [0.15, 0.2) is 55.4 Å². The first kappa shape index (κ1) is 26.5. The number of piperidine rings is 1. The van der Waals surface area contributed by atoms with Crippen molar-refractivity contribution in [1.82, 2.24) is 34.0 Å². The van der Waals surface area contributed by atoms with Gasteiger partial charge in [0.1, 0.15) is 11.3 Å². The minimum atomic E-state index is -0.681. The highest BCUT2D eigenvalue weighted by molar-refractivity contribution is 5.82. The zero-order valence-electron chi connectivity index (χ0n) is 23.9. The fraction of sp³-hybridized carbons (Fsp3) is 0.367. The zero-order valence-corrected chi connectivity index (χ0v) is 23.9. The maximum atomic E-state index is 13.2. The standard InChI is InChI=1S/C30H33N8O3/c1-19-13-21(10-11-31-19)25-15-32-27-28(34-25)37(18-38(27)29(40)41-30(3,4)5)22-8-9-24-26(14-22)36(17-33-24)23-7-6-12-35(16-23)20(2)39/h8-11,13-15,17-18,23H,6-7,12,16H2,1-5H3/q+1. The molecule has 5 aromatic rings. The van der Waals surface area contributed by atoms with E-state index < -0.39 is 11.7 Å². The van der Waals surface area contributed by atoms with Gasteiger partial charge in [-0.25, -0.2) is 14.8 Å². The Morgan fingerprint density at radius 3 is 2.68 bits per heavy atom. The van der Waals surface area contributed by atoms with Crippen LogP contribution in [0, 0.1) is 6.92 Å². The van der Waals surface area contributed by atoms with Crippen molar-refractivity contribution in [2.24, 2.45) is 0 Å². The number of aromatic nitrogens is 7. The summed E-state index contributed by atoms with van der Waals surface area (Å²) >= 11 is 0. The van der Waals surface area contributed by atoms with Crippen LogP contribution < -0.4 is 4.57 Å². The van der Waals surface area contributed by atoms with Crippen LogP contribution >= 0.6 is 0 Å². The summed E-state index contributed by atoms with van der Waals surface area (Å²) < 4.78 is 11.1. The van der Waals surface area contributed by atoms with Gasteiger partial charge in [0, 0.05) is 43.5 Å². The first-order valence-corrected chi connectivity index (χ1v) is 13.8. The van der Waals surface area contributed by atoms with Crippen LogP contribution in [0.25, 0.3) is 39.3 Å². The van der Waals surface area contributed by atoms with E-state index in [0.717, 1.165) is 47.4 Å². The molecule has 0 bridgehead atoms. The highest BCUT2D eigenvalue weighted by atomic mass is 16.6. The largest absolute Gasteiger partial charge is 0.482 e. The molecule has 0 aliphatic carbocycles. The minimum absolute atomic E-state index is 0.0871. The predicted molar refractivity (Wildman–Crippen MR) is 152 cm³/mol. The summed E-state index contributed by atoms with van der Waals surface area (Å²) in [5, 5.41) is 0. The number of nitrogens with zero attached hydrogens (tertiary/aromatic N) is 8. The number of aryl methyl sites for hydroxylation is 1. The molecule has 1 aliphatic rings. The van der Waals surface area contributed by atoms with Gasteiger partial charge >= 0.3 is 11.7 Å². The van der Waals surface area contributed by atoms with Crippen LogP contribution in [0.4, 0.5) is 4.79 Å². The number of benzene rings is 1. The van der Waals surface area contributed by atoms with Gasteiger partial charge in [0.15, 0.2) is 5.69 Å². The van der Waals surface area contributed by atoms with E-state index in [1.807, 2.05) is 73.8 Å². The van der Waals surface area contributed by atoms with Crippen LogP contribution in [0.5, 0.6) is 0 Å². The van der Waals surface area contributed by atoms with Crippen molar-refractivity contribution >= 4 is 34.3 Å². The Morgan fingerprint density at radius 1 is 1.10 bits per heavy atom. The highest BCUT2D eigenvalue weighted by Gasteiger charge is 2.30. The number of fused-ring (bicyclic) bond motifs is 2. The van der Waals surface area contributed by atoms with Crippen molar-refractivity contribution in [3.63, 3.8) is 0 Å². The SMILES string of the molecule is CC(=O)N1CCCC(n2cnc3ccc(-[n+]4cn(C(=O)OC(C)(C)C)c5ncc(-c6ccnc(C)c6)nc54)cc32)C1. The average Bonchev–Trinajstić information content (AvgIpc) is 3.53. The maximum Gasteiger partial charge on any atom is 0.482 e. The van der Waals surface area contributed by atoms with Gasteiger partial charge in [-0.1, -0.05) is 4.98 Å². The fourth-order valence-electron chi connectivity index (χ4n) is 5.33. The molecule has 1 fully saturated rings. The Morgan fingerprint density at radius 2 is 1.93 bits per heavy atom. The van der Waals surface area contributed by atoms with Crippen LogP contribution in [0.1, 0.15) is 52.3 Å². The molecule has 0 saturated carbocycles. The van der Waals surface area contributed by atoms with E-state index in [1.54, 1.807) is 25.6 Å². The highest BCUT2D eigenvalue weighted by Crippen LogP contribution is 2.27. The number of pyridine rings is 1. The van der Waals surface area contributed by atoms with Crippen LogP contribution in [-0.4, -0.2) is 64.7 Å². The first-order chi connectivity index (χ1) is 19.6. The molecule has 41 heavy (non-hydrogen) atoms. The summed E-state index contributed by atoms with van der Waals surface area (Å²) in [7, 11) is 0. The fourth-order valence-corrected chi connectivity index (χ4v) is 5.33. The van der Waals surface area contributed by atoms with Gasteiger partial charge in [-0.05, 0) is 64.8 Å². The second-order valence-corrected chi connectivity index (χ2v) is 11.5. The summed E-state index contributed by atoms with van der Waals surface area (Å²) in [5.74, 6) is 0.0871. The maximum absolute atomic E-state index is 13.2. The molecule has 11 heteroatoms. The number of amides is 1. The molecule has 1 amide bonds. The Balaban J connectivity index is 1.49. The summed E-state index contributed by atoms with van der Waals surface area (Å²) in [6.45, 7) is 10.5. The Labute approximate surface area is 237 Å². The molecule has 5 heterocycles. The van der Waals surface area contributed by atoms with Gasteiger partial charge in [-0.2, -0.15) is 4.57 Å². The van der Waals surface area contributed by atoms with Crippen molar-refractivity contribution < 1.29 is 18.9 Å². The number of imidazole rings is 2. The molecule has 4 aromatic heterocycles. The molecule has 6 rings (SSSR count). The predicted octanol–water partition coefficient (Wildman–Crippen LogP) is 4.39. The number of ether oxygens (including phenoxy) is 1. The monoisotopic (exact) mass is 553 g/mol. The van der Waals surface area contributed by atoms with Crippen LogP contribution in [-0.2, 0) is 9.53 Å². The molecule has 1 unspecified atom stereocenters. The number of rotatable bonds is 3. The third-order valence-electron chi connectivity index (χ3n) is 7.28. The van der Waals surface area contributed by atoms with Crippen LogP contribution in [0.3, 0.4) is 0 Å². The van der Waals surface area contributed by atoms with Gasteiger partial charge in [0.05, 0.1) is 29.6 Å². The molecule has 0 N–H and O–H groups in total. The van der Waals surface area contributed by atoms with E-state index in [2.05, 4.69) is 19.5 Å². The molecule has 1 atom stereocenters. The minimum Gasteiger partial charge on any atom is -0.431 e. The quantitative estimate of drug-likeness (QED) is 0.305. The second kappa shape index (κ2) is 10.1. The third-order valence-corrected chi connectivity index (χ3v) is 7.28. The van der Waals surface area contributed by atoms with Gasteiger partial charge in [0.25, 0.3) is 5.65 Å². The number of carbonyl (C=O) groups is 2. The number of hydrogen-bond donors (Lipinski definition) is 0. The van der Waals surface area contributed by atoms with Crippen molar-refractivity contribution in [2.45, 2.75) is 59.1 Å². The van der Waals surface area contributed by atoms with E-state index in [1.165, 1.54) is 4.57 Å². The lowest BCUT2D eigenvalue weighted by Crippen LogP contribution is -2.39. The lowest BCUT2D eigenvalue weighted by atomic mass is 10.1. The van der Waals surface area contributed by atoms with E-state index in [0.29, 0.717) is 23.5 Å². The Kier molecular flexibility index (Phi) is 6.51. The summed E-state index contributed by atoms with van der Waals surface area (Å²) in [4.78, 5) is 45.7. The van der Waals surface area contributed by atoms with Gasteiger partial charge < -0.3 is 14.2 Å². The van der Waals surface area contributed by atoms with Crippen molar-refractivity contribution in [1.29, 1.82) is 0 Å². The first-order valence-electron chi connectivity index (χ1n) is 13.8. The molecule has 1 aromatic carbocycles. The van der Waals surface area contributed by atoms with Gasteiger partial charge in [-0.3, -0.25) is 9.78 Å². The van der Waals surface area contributed by atoms with Crippen molar-refractivity contribution in [3.8, 4) is 16.9 Å². The van der Waals surface area contributed by atoms with E-state index in [-0.39, 0.29) is 11.9 Å². The molecule has 0 spiro atoms. The summed E-state index contributed by atoms with van der Waals surface area (Å²) in [6, 6.07) is 9.91. The number of hydrogen-bond acceptors (Lipinski definition) is 7. The third kappa shape index (κ3) is 5.15. The van der Waals surface area contributed by atoms with E-state index >= 15 is 0 Å². The zero-order chi connectivity index (χ0) is 28.9. The number of likely N-dealkylation sites (tertiary alicyclic amines) is 1. The Hall–Kier alpha value is -4.67. The molecule has 11 nitrogen and oxygen atoms in total. The van der Waals surface area contributed by atoms with Crippen LogP contribution in [0.2, 0.25) is 0 Å².